The van der Waals surface area contributed by atoms with Crippen LogP contribution in [0.1, 0.15) is 16.1 Å². The van der Waals surface area contributed by atoms with Crippen LogP contribution in [0.15, 0.2) is 64.3 Å². The molecule has 0 radical (unpaired) electrons. The molecule has 0 saturated carbocycles. The molecule has 0 fully saturated rings. The molecule has 1 amide bonds. The van der Waals surface area contributed by atoms with Gasteiger partial charge in [0.2, 0.25) is 5.13 Å². The number of ether oxygens (including phenoxy) is 2. The zero-order valence-corrected chi connectivity index (χ0v) is 16.9. The van der Waals surface area contributed by atoms with Crippen LogP contribution in [0.25, 0.3) is 10.2 Å². The summed E-state index contributed by atoms with van der Waals surface area (Å²) in [4.78, 5) is 17.7. The van der Waals surface area contributed by atoms with Crippen molar-refractivity contribution in [3.05, 3.63) is 71.9 Å². The molecule has 4 rings (SSSR count). The van der Waals surface area contributed by atoms with E-state index < -0.39 is 5.91 Å². The van der Waals surface area contributed by atoms with Gasteiger partial charge in [0.25, 0.3) is 5.91 Å². The molecule has 0 spiro atoms. The van der Waals surface area contributed by atoms with Crippen molar-refractivity contribution in [3.63, 3.8) is 0 Å². The number of hydrogen-bond acceptors (Lipinski definition) is 7. The summed E-state index contributed by atoms with van der Waals surface area (Å²) < 4.78 is 30.0. The first-order valence-electron chi connectivity index (χ1n) is 8.79. The molecule has 0 aliphatic heterocycles. The number of rotatable bonds is 6. The molecule has 4 aromatic rings. The van der Waals surface area contributed by atoms with E-state index in [1.165, 1.54) is 38.8 Å². The number of fused-ring (bicyclic) bond motifs is 1. The molecule has 152 valence electrons. The molecule has 2 heterocycles. The van der Waals surface area contributed by atoms with Crippen LogP contribution < -0.4 is 14.5 Å². The van der Waals surface area contributed by atoms with Crippen LogP contribution in [0, 0.1) is 5.82 Å². The fourth-order valence-electron chi connectivity index (χ4n) is 2.74. The molecule has 2 aromatic heterocycles. The lowest BCUT2D eigenvalue weighted by atomic mass is 10.2. The van der Waals surface area contributed by atoms with E-state index in [1.807, 2.05) is 0 Å². The molecule has 7 nitrogen and oxygen atoms in total. The van der Waals surface area contributed by atoms with Crippen LogP contribution in [0.4, 0.5) is 9.52 Å². The molecule has 0 aliphatic carbocycles. The van der Waals surface area contributed by atoms with Crippen molar-refractivity contribution in [1.82, 2.24) is 4.98 Å². The van der Waals surface area contributed by atoms with Gasteiger partial charge in [-0.05, 0) is 48.5 Å². The third-order valence-electron chi connectivity index (χ3n) is 4.19. The van der Waals surface area contributed by atoms with E-state index in [0.29, 0.717) is 33.0 Å². The fourth-order valence-corrected chi connectivity index (χ4v) is 3.68. The highest BCUT2D eigenvalue weighted by Crippen LogP contribution is 2.32. The minimum atomic E-state index is -0.446. The van der Waals surface area contributed by atoms with E-state index >= 15 is 0 Å². The molecular weight excluding hydrogens is 409 g/mol. The second-order valence-electron chi connectivity index (χ2n) is 6.06. The highest BCUT2D eigenvalue weighted by Gasteiger charge is 2.22. The molecule has 0 N–H and O–H groups in total. The number of nitrogens with zero attached hydrogens (tertiary/aromatic N) is 3. The number of amides is 1. The van der Waals surface area contributed by atoms with Crippen LogP contribution in [-0.2, 0) is 0 Å². The SMILES string of the molecule is COc1ccc(C(=O)N(/N=C/c2ccco2)c2nc3ccc(F)cc3s2)cc1OC. The molecule has 0 bridgehead atoms. The normalized spacial score (nSPS) is 11.2. The van der Waals surface area contributed by atoms with Crippen molar-refractivity contribution < 1.29 is 23.1 Å². The molecular formula is C21H16FN3O4S. The molecule has 30 heavy (non-hydrogen) atoms. The van der Waals surface area contributed by atoms with E-state index in [9.17, 15) is 9.18 Å². The predicted molar refractivity (Wildman–Crippen MR) is 112 cm³/mol. The summed E-state index contributed by atoms with van der Waals surface area (Å²) in [7, 11) is 3.00. The summed E-state index contributed by atoms with van der Waals surface area (Å²) in [5, 5.41) is 5.71. The number of furan rings is 1. The van der Waals surface area contributed by atoms with Crippen molar-refractivity contribution >= 4 is 38.8 Å². The number of methoxy groups -OCH3 is 2. The van der Waals surface area contributed by atoms with E-state index in [1.54, 1.807) is 36.4 Å². The first-order valence-corrected chi connectivity index (χ1v) is 9.61. The van der Waals surface area contributed by atoms with Gasteiger partial charge in [0.1, 0.15) is 11.6 Å². The van der Waals surface area contributed by atoms with Gasteiger partial charge in [0, 0.05) is 5.56 Å². The van der Waals surface area contributed by atoms with Crippen LogP contribution in [-0.4, -0.2) is 31.3 Å². The average Bonchev–Trinajstić information content (AvgIpc) is 3.42. The summed E-state index contributed by atoms with van der Waals surface area (Å²) in [5.41, 5.74) is 0.879. The van der Waals surface area contributed by atoms with E-state index in [0.717, 1.165) is 16.3 Å². The van der Waals surface area contributed by atoms with Crippen molar-refractivity contribution in [2.24, 2.45) is 5.10 Å². The molecule has 0 unspecified atom stereocenters. The first-order chi connectivity index (χ1) is 14.6. The molecule has 0 atom stereocenters. The number of hydrogen-bond donors (Lipinski definition) is 0. The maximum Gasteiger partial charge on any atom is 0.280 e. The average molecular weight is 425 g/mol. The number of benzene rings is 2. The van der Waals surface area contributed by atoms with Gasteiger partial charge in [-0.3, -0.25) is 4.79 Å². The standard InChI is InChI=1S/C21H16FN3O4S/c1-27-17-8-5-13(10-18(17)28-2)20(26)25(23-12-15-4-3-9-29-15)21-24-16-7-6-14(22)11-19(16)30-21/h3-12H,1-2H3/b23-12+. The number of thiazole rings is 1. The van der Waals surface area contributed by atoms with Gasteiger partial charge in [-0.25, -0.2) is 9.37 Å². The lowest BCUT2D eigenvalue weighted by molar-refractivity contribution is 0.0987. The fraction of sp³-hybridized carbons (Fsp3) is 0.0952. The lowest BCUT2D eigenvalue weighted by Crippen LogP contribution is -2.25. The Morgan fingerprint density at radius 1 is 1.17 bits per heavy atom. The van der Waals surface area contributed by atoms with Gasteiger partial charge in [0.15, 0.2) is 11.5 Å². The van der Waals surface area contributed by atoms with E-state index in [4.69, 9.17) is 13.9 Å². The number of anilines is 1. The smallest absolute Gasteiger partial charge is 0.280 e. The topological polar surface area (TPSA) is 77.2 Å². The Kier molecular flexibility index (Phi) is 5.44. The van der Waals surface area contributed by atoms with Crippen molar-refractivity contribution in [2.75, 3.05) is 19.2 Å². The first kappa shape index (κ1) is 19.6. The second kappa shape index (κ2) is 8.34. The van der Waals surface area contributed by atoms with Gasteiger partial charge in [-0.1, -0.05) is 11.3 Å². The number of aromatic nitrogens is 1. The number of hydrazone groups is 1. The van der Waals surface area contributed by atoms with E-state index in [-0.39, 0.29) is 10.9 Å². The summed E-state index contributed by atoms with van der Waals surface area (Å²) in [6.45, 7) is 0. The Balaban J connectivity index is 1.77. The second-order valence-corrected chi connectivity index (χ2v) is 7.06. The van der Waals surface area contributed by atoms with Crippen molar-refractivity contribution in [3.8, 4) is 11.5 Å². The van der Waals surface area contributed by atoms with Crippen LogP contribution in [0.2, 0.25) is 0 Å². The Labute approximate surface area is 175 Å². The summed E-state index contributed by atoms with van der Waals surface area (Å²) in [5.74, 6) is 0.542. The molecule has 2 aromatic carbocycles. The molecule has 0 saturated heterocycles. The van der Waals surface area contributed by atoms with Gasteiger partial charge >= 0.3 is 0 Å². The lowest BCUT2D eigenvalue weighted by Gasteiger charge is -2.15. The molecule has 9 heteroatoms. The number of carbonyl (C=O) groups excluding carboxylic acids is 1. The largest absolute Gasteiger partial charge is 0.493 e. The quantitative estimate of drug-likeness (QED) is 0.330. The van der Waals surface area contributed by atoms with Gasteiger partial charge < -0.3 is 13.9 Å². The predicted octanol–water partition coefficient (Wildman–Crippen LogP) is 4.73. The van der Waals surface area contributed by atoms with Crippen molar-refractivity contribution in [2.45, 2.75) is 0 Å². The van der Waals surface area contributed by atoms with E-state index in [2.05, 4.69) is 10.1 Å². The van der Waals surface area contributed by atoms with Crippen LogP contribution in [0.3, 0.4) is 0 Å². The zero-order chi connectivity index (χ0) is 21.1. The Hall–Kier alpha value is -3.72. The third kappa shape index (κ3) is 3.87. The summed E-state index contributed by atoms with van der Waals surface area (Å²) >= 11 is 1.15. The highest BCUT2D eigenvalue weighted by molar-refractivity contribution is 7.22. The zero-order valence-electron chi connectivity index (χ0n) is 16.0. The molecule has 0 aliphatic rings. The highest BCUT2D eigenvalue weighted by atomic mass is 32.1. The Bertz CT molecular complexity index is 1220. The monoisotopic (exact) mass is 425 g/mol. The Morgan fingerprint density at radius 3 is 2.73 bits per heavy atom. The minimum Gasteiger partial charge on any atom is -0.493 e. The van der Waals surface area contributed by atoms with Crippen LogP contribution in [0.5, 0.6) is 11.5 Å². The number of halogens is 1. The maximum absolute atomic E-state index is 13.6. The summed E-state index contributed by atoms with van der Waals surface area (Å²) in [6, 6.07) is 12.5. The number of carbonyl (C=O) groups is 1. The summed E-state index contributed by atoms with van der Waals surface area (Å²) in [6.07, 6.45) is 2.91. The van der Waals surface area contributed by atoms with Gasteiger partial charge in [-0.2, -0.15) is 10.1 Å². The van der Waals surface area contributed by atoms with Crippen LogP contribution >= 0.6 is 11.3 Å². The third-order valence-corrected chi connectivity index (χ3v) is 5.18. The van der Waals surface area contributed by atoms with Gasteiger partial charge in [-0.15, -0.1) is 0 Å². The maximum atomic E-state index is 13.6. The van der Waals surface area contributed by atoms with Gasteiger partial charge in [0.05, 0.1) is 36.9 Å². The minimum absolute atomic E-state index is 0.290. The van der Waals surface area contributed by atoms with Crippen molar-refractivity contribution in [1.29, 1.82) is 0 Å². The Morgan fingerprint density at radius 2 is 2.00 bits per heavy atom.